The molecule has 2 aromatic carbocycles. The molecule has 4 rings (SSSR count). The normalized spacial score (nSPS) is 24.2. The molecule has 0 aliphatic carbocycles. The van der Waals surface area contributed by atoms with Crippen LogP contribution in [0.1, 0.15) is 17.5 Å². The van der Waals surface area contributed by atoms with Crippen LogP contribution in [0.15, 0.2) is 60.2 Å². The second kappa shape index (κ2) is 6.19. The van der Waals surface area contributed by atoms with Gasteiger partial charge in [0.25, 0.3) is 0 Å². The number of rotatable bonds is 3. The summed E-state index contributed by atoms with van der Waals surface area (Å²) in [6.07, 6.45) is 2.55. The van der Waals surface area contributed by atoms with Gasteiger partial charge >= 0.3 is 0 Å². The second-order valence-electron chi connectivity index (χ2n) is 6.02. The molecular formula is C19H16F2N2OS. The van der Waals surface area contributed by atoms with Gasteiger partial charge < -0.3 is 4.74 Å². The standard InChI is InChI=1S/C19H16F2N2OS/c1-2-5-12-11-24-17-7-4-3-6-15(17)19(12)23-22-18(25-19)14-10-13(20)8-9-16(14)21/h2-4,6-10,12,23H,1,5,11H2. The van der Waals surface area contributed by atoms with E-state index >= 15 is 0 Å². The van der Waals surface area contributed by atoms with Gasteiger partial charge in [-0.1, -0.05) is 36.0 Å². The Kier molecular flexibility index (Phi) is 4.00. The molecule has 0 fully saturated rings. The Morgan fingerprint density at radius 1 is 1.32 bits per heavy atom. The van der Waals surface area contributed by atoms with Gasteiger partial charge in [0.1, 0.15) is 27.3 Å². The molecule has 2 aliphatic rings. The highest BCUT2D eigenvalue weighted by Crippen LogP contribution is 2.52. The molecule has 1 N–H and O–H groups in total. The third-order valence-electron chi connectivity index (χ3n) is 4.49. The molecule has 0 radical (unpaired) electrons. The van der Waals surface area contributed by atoms with Crippen molar-refractivity contribution in [2.75, 3.05) is 6.61 Å². The molecule has 128 valence electrons. The number of para-hydroxylation sites is 1. The minimum atomic E-state index is -0.586. The monoisotopic (exact) mass is 358 g/mol. The Morgan fingerprint density at radius 3 is 3.00 bits per heavy atom. The number of hydrogen-bond acceptors (Lipinski definition) is 4. The predicted octanol–water partition coefficient (Wildman–Crippen LogP) is 4.40. The number of ether oxygens (including phenoxy) is 1. The molecule has 1 spiro atoms. The molecule has 0 bridgehead atoms. The van der Waals surface area contributed by atoms with E-state index in [2.05, 4.69) is 17.1 Å². The van der Waals surface area contributed by atoms with Crippen LogP contribution in [0.2, 0.25) is 0 Å². The summed E-state index contributed by atoms with van der Waals surface area (Å²) in [5, 5.41) is 4.78. The molecule has 25 heavy (non-hydrogen) atoms. The lowest BCUT2D eigenvalue weighted by molar-refractivity contribution is 0.163. The fourth-order valence-electron chi connectivity index (χ4n) is 3.26. The molecule has 0 amide bonds. The van der Waals surface area contributed by atoms with Gasteiger partial charge in [-0.15, -0.1) is 6.58 Å². The third kappa shape index (κ3) is 2.61. The lowest BCUT2D eigenvalue weighted by Crippen LogP contribution is -2.46. The van der Waals surface area contributed by atoms with E-state index < -0.39 is 16.5 Å². The maximum Gasteiger partial charge on any atom is 0.141 e. The quantitative estimate of drug-likeness (QED) is 0.826. The van der Waals surface area contributed by atoms with Crippen molar-refractivity contribution < 1.29 is 13.5 Å². The van der Waals surface area contributed by atoms with E-state index in [9.17, 15) is 8.78 Å². The molecule has 2 heterocycles. The minimum absolute atomic E-state index is 0.0581. The second-order valence-corrected chi connectivity index (χ2v) is 7.25. The van der Waals surface area contributed by atoms with Crippen LogP contribution in [-0.4, -0.2) is 11.7 Å². The molecule has 2 aromatic rings. The number of hydrazone groups is 1. The van der Waals surface area contributed by atoms with Crippen LogP contribution in [-0.2, 0) is 4.87 Å². The van der Waals surface area contributed by atoms with Crippen LogP contribution in [0.3, 0.4) is 0 Å². The van der Waals surface area contributed by atoms with Crippen molar-refractivity contribution >= 4 is 16.8 Å². The van der Waals surface area contributed by atoms with E-state index in [-0.39, 0.29) is 11.5 Å². The number of benzene rings is 2. The zero-order chi connectivity index (χ0) is 17.4. The largest absolute Gasteiger partial charge is 0.493 e. The van der Waals surface area contributed by atoms with Crippen LogP contribution in [0.4, 0.5) is 8.78 Å². The van der Waals surface area contributed by atoms with Crippen molar-refractivity contribution in [2.24, 2.45) is 11.0 Å². The Hall–Kier alpha value is -2.34. The number of nitrogens with one attached hydrogen (secondary N) is 1. The molecule has 2 unspecified atom stereocenters. The molecular weight excluding hydrogens is 342 g/mol. The number of halogens is 2. The first-order valence-electron chi connectivity index (χ1n) is 7.96. The fourth-order valence-corrected chi connectivity index (χ4v) is 4.62. The summed E-state index contributed by atoms with van der Waals surface area (Å²) < 4.78 is 33.6. The summed E-state index contributed by atoms with van der Waals surface area (Å²) in [5.74, 6) is -0.149. The van der Waals surface area contributed by atoms with Crippen molar-refractivity contribution in [3.8, 4) is 5.75 Å². The number of fused-ring (bicyclic) bond motifs is 2. The van der Waals surface area contributed by atoms with Crippen molar-refractivity contribution in [1.82, 2.24) is 5.43 Å². The van der Waals surface area contributed by atoms with Gasteiger partial charge in [0.2, 0.25) is 0 Å². The highest BCUT2D eigenvalue weighted by atomic mass is 32.2. The van der Waals surface area contributed by atoms with E-state index in [0.29, 0.717) is 18.1 Å². The zero-order valence-corrected chi connectivity index (χ0v) is 14.2. The first-order valence-corrected chi connectivity index (χ1v) is 8.78. The van der Waals surface area contributed by atoms with Gasteiger partial charge in [-0.05, 0) is 30.7 Å². The van der Waals surface area contributed by atoms with Crippen LogP contribution in [0, 0.1) is 17.6 Å². The third-order valence-corrected chi connectivity index (χ3v) is 5.96. The average molecular weight is 358 g/mol. The summed E-state index contributed by atoms with van der Waals surface area (Å²) in [6.45, 7) is 4.33. The summed E-state index contributed by atoms with van der Waals surface area (Å²) in [5.41, 5.74) is 4.31. The molecule has 0 saturated heterocycles. The summed E-state index contributed by atoms with van der Waals surface area (Å²) in [6, 6.07) is 11.1. The van der Waals surface area contributed by atoms with Crippen LogP contribution >= 0.6 is 11.8 Å². The number of nitrogens with zero attached hydrogens (tertiary/aromatic N) is 1. The number of hydrogen-bond donors (Lipinski definition) is 1. The van der Waals surface area contributed by atoms with E-state index in [4.69, 9.17) is 4.74 Å². The highest BCUT2D eigenvalue weighted by Gasteiger charge is 2.50. The van der Waals surface area contributed by atoms with Crippen LogP contribution in [0.25, 0.3) is 0 Å². The fraction of sp³-hybridized carbons (Fsp3) is 0.211. The van der Waals surface area contributed by atoms with E-state index in [1.807, 2.05) is 30.3 Å². The summed E-state index contributed by atoms with van der Waals surface area (Å²) >= 11 is 1.41. The van der Waals surface area contributed by atoms with E-state index in [1.165, 1.54) is 17.8 Å². The Labute approximate surface area is 148 Å². The Balaban J connectivity index is 1.76. The molecule has 3 nitrogen and oxygen atoms in total. The topological polar surface area (TPSA) is 33.6 Å². The van der Waals surface area contributed by atoms with Crippen LogP contribution < -0.4 is 10.2 Å². The molecule has 6 heteroatoms. The number of thioether (sulfide) groups is 1. The highest BCUT2D eigenvalue weighted by molar-refractivity contribution is 8.15. The smallest absolute Gasteiger partial charge is 0.141 e. The zero-order valence-electron chi connectivity index (χ0n) is 13.3. The Morgan fingerprint density at radius 2 is 2.16 bits per heavy atom. The molecule has 0 aromatic heterocycles. The van der Waals surface area contributed by atoms with Gasteiger partial charge in [0.05, 0.1) is 6.61 Å². The van der Waals surface area contributed by atoms with E-state index in [0.717, 1.165) is 23.4 Å². The lowest BCUT2D eigenvalue weighted by atomic mass is 9.88. The first kappa shape index (κ1) is 16.1. The molecule has 0 saturated carbocycles. The first-order chi connectivity index (χ1) is 12.1. The molecule has 2 atom stereocenters. The van der Waals surface area contributed by atoms with Crippen molar-refractivity contribution in [3.63, 3.8) is 0 Å². The van der Waals surface area contributed by atoms with E-state index in [1.54, 1.807) is 0 Å². The van der Waals surface area contributed by atoms with Gasteiger partial charge in [-0.2, -0.15) is 5.10 Å². The lowest BCUT2D eigenvalue weighted by Gasteiger charge is -2.40. The van der Waals surface area contributed by atoms with Gasteiger partial charge in [-0.3, -0.25) is 5.43 Å². The van der Waals surface area contributed by atoms with Crippen molar-refractivity contribution in [3.05, 3.63) is 77.9 Å². The minimum Gasteiger partial charge on any atom is -0.493 e. The van der Waals surface area contributed by atoms with Crippen LogP contribution in [0.5, 0.6) is 5.75 Å². The van der Waals surface area contributed by atoms with Gasteiger partial charge in [0, 0.05) is 17.0 Å². The van der Waals surface area contributed by atoms with Gasteiger partial charge in [-0.25, -0.2) is 8.78 Å². The maximum atomic E-state index is 14.2. The average Bonchev–Trinajstić information content (AvgIpc) is 3.06. The van der Waals surface area contributed by atoms with Crippen molar-refractivity contribution in [2.45, 2.75) is 11.3 Å². The predicted molar refractivity (Wildman–Crippen MR) is 95.5 cm³/mol. The SMILES string of the molecule is C=CCC1COc2ccccc2C12NN=C(c1cc(F)ccc1F)S2. The summed E-state index contributed by atoms with van der Waals surface area (Å²) in [4.78, 5) is -0.586. The van der Waals surface area contributed by atoms with Gasteiger partial charge in [0.15, 0.2) is 0 Å². The summed E-state index contributed by atoms with van der Waals surface area (Å²) in [7, 11) is 0. The Bertz CT molecular complexity index is 870. The maximum absolute atomic E-state index is 14.2. The molecule has 2 aliphatic heterocycles. The number of allylic oxidation sites excluding steroid dienone is 1. The van der Waals surface area contributed by atoms with Crippen molar-refractivity contribution in [1.29, 1.82) is 0 Å².